The second-order valence-electron chi connectivity index (χ2n) is 6.91. The van der Waals surface area contributed by atoms with Gasteiger partial charge in [-0.05, 0) is 53.6 Å². The Balaban J connectivity index is 1.70. The number of ether oxygens (including phenoxy) is 1. The number of hydrogen-bond acceptors (Lipinski definition) is 5. The molecule has 156 valence electrons. The van der Waals surface area contributed by atoms with Crippen molar-refractivity contribution in [2.45, 2.75) is 13.3 Å². The minimum absolute atomic E-state index is 0.0197. The van der Waals surface area contributed by atoms with Crippen LogP contribution in [0.2, 0.25) is 5.02 Å². The highest BCUT2D eigenvalue weighted by atomic mass is 35.5. The minimum Gasteiger partial charge on any atom is -0.495 e. The molecule has 4 rings (SSSR count). The maximum absolute atomic E-state index is 11.7. The molecular weight excluding hydrogens is 412 g/mol. The lowest BCUT2D eigenvalue weighted by molar-refractivity contribution is -0.115. The Bertz CT molecular complexity index is 1260. The average Bonchev–Trinajstić information content (AvgIpc) is 2.79. The molecule has 0 saturated carbocycles. The van der Waals surface area contributed by atoms with Crippen molar-refractivity contribution in [3.05, 3.63) is 72.0 Å². The van der Waals surface area contributed by atoms with Gasteiger partial charge in [0.1, 0.15) is 17.9 Å². The van der Waals surface area contributed by atoms with Crippen LogP contribution in [0.25, 0.3) is 22.0 Å². The number of anilines is 3. The third-order valence-electron chi connectivity index (χ3n) is 4.85. The first-order valence-electron chi connectivity index (χ1n) is 9.83. The van der Waals surface area contributed by atoms with Gasteiger partial charge in [-0.1, -0.05) is 36.7 Å². The summed E-state index contributed by atoms with van der Waals surface area (Å²) in [6, 6.07) is 19.2. The largest absolute Gasteiger partial charge is 0.495 e. The SMILES string of the molecule is CCC(=O)Nc1cccc(-c2ccc3ncnc(Nc4ccc(OC)c(Cl)c4)c3c2)c1. The van der Waals surface area contributed by atoms with E-state index in [1.165, 1.54) is 6.33 Å². The number of fused-ring (bicyclic) bond motifs is 1. The summed E-state index contributed by atoms with van der Waals surface area (Å²) in [6.07, 6.45) is 1.96. The van der Waals surface area contributed by atoms with E-state index in [1.54, 1.807) is 19.2 Å². The Labute approximate surface area is 185 Å². The minimum atomic E-state index is -0.0197. The van der Waals surface area contributed by atoms with Crippen molar-refractivity contribution >= 4 is 45.6 Å². The molecule has 1 aromatic heterocycles. The topological polar surface area (TPSA) is 76.1 Å². The van der Waals surface area contributed by atoms with Gasteiger partial charge in [0.15, 0.2) is 0 Å². The summed E-state index contributed by atoms with van der Waals surface area (Å²) >= 11 is 6.25. The molecule has 3 aromatic carbocycles. The van der Waals surface area contributed by atoms with Crippen LogP contribution in [-0.4, -0.2) is 23.0 Å². The summed E-state index contributed by atoms with van der Waals surface area (Å²) in [7, 11) is 1.58. The molecule has 7 heteroatoms. The number of nitrogens with one attached hydrogen (secondary N) is 2. The van der Waals surface area contributed by atoms with E-state index in [9.17, 15) is 4.79 Å². The van der Waals surface area contributed by atoms with Gasteiger partial charge in [-0.25, -0.2) is 9.97 Å². The number of carbonyl (C=O) groups is 1. The molecule has 0 unspecified atom stereocenters. The third kappa shape index (κ3) is 4.59. The molecule has 31 heavy (non-hydrogen) atoms. The third-order valence-corrected chi connectivity index (χ3v) is 5.15. The zero-order chi connectivity index (χ0) is 21.8. The number of hydrogen-bond donors (Lipinski definition) is 2. The van der Waals surface area contributed by atoms with Crippen molar-refractivity contribution < 1.29 is 9.53 Å². The van der Waals surface area contributed by atoms with Crippen LogP contribution in [0.15, 0.2) is 67.0 Å². The van der Waals surface area contributed by atoms with Gasteiger partial charge in [0, 0.05) is 23.2 Å². The van der Waals surface area contributed by atoms with Crippen LogP contribution in [0.3, 0.4) is 0 Å². The predicted molar refractivity (Wildman–Crippen MR) is 125 cm³/mol. The van der Waals surface area contributed by atoms with Crippen molar-refractivity contribution in [3.63, 3.8) is 0 Å². The summed E-state index contributed by atoms with van der Waals surface area (Å²) in [5.74, 6) is 1.26. The van der Waals surface area contributed by atoms with Crippen LogP contribution in [0.4, 0.5) is 17.2 Å². The van der Waals surface area contributed by atoms with Gasteiger partial charge < -0.3 is 15.4 Å². The quantitative estimate of drug-likeness (QED) is 0.387. The number of methoxy groups -OCH3 is 1. The maximum Gasteiger partial charge on any atom is 0.224 e. The lowest BCUT2D eigenvalue weighted by atomic mass is 10.0. The van der Waals surface area contributed by atoms with Gasteiger partial charge in [0.25, 0.3) is 0 Å². The Kier molecular flexibility index (Phi) is 6.00. The van der Waals surface area contributed by atoms with E-state index >= 15 is 0 Å². The predicted octanol–water partition coefficient (Wildman–Crippen LogP) is 6.05. The molecule has 4 aromatic rings. The van der Waals surface area contributed by atoms with Crippen LogP contribution >= 0.6 is 11.6 Å². The summed E-state index contributed by atoms with van der Waals surface area (Å²) < 4.78 is 5.21. The van der Waals surface area contributed by atoms with Gasteiger partial charge in [-0.15, -0.1) is 0 Å². The smallest absolute Gasteiger partial charge is 0.224 e. The molecule has 0 bridgehead atoms. The van der Waals surface area contributed by atoms with Gasteiger partial charge in [-0.2, -0.15) is 0 Å². The second kappa shape index (κ2) is 9.02. The molecule has 0 spiro atoms. The number of benzene rings is 3. The van der Waals surface area contributed by atoms with Crippen LogP contribution in [0.5, 0.6) is 5.75 Å². The molecule has 1 amide bonds. The number of nitrogens with zero attached hydrogens (tertiary/aromatic N) is 2. The molecule has 2 N–H and O–H groups in total. The number of aromatic nitrogens is 2. The normalized spacial score (nSPS) is 10.7. The highest BCUT2D eigenvalue weighted by Crippen LogP contribution is 2.32. The maximum atomic E-state index is 11.7. The van der Waals surface area contributed by atoms with Crippen LogP contribution in [0, 0.1) is 0 Å². The number of halogens is 1. The number of amides is 1. The Morgan fingerprint density at radius 3 is 2.61 bits per heavy atom. The fourth-order valence-corrected chi connectivity index (χ4v) is 3.50. The van der Waals surface area contributed by atoms with E-state index in [0.717, 1.165) is 33.4 Å². The van der Waals surface area contributed by atoms with E-state index in [2.05, 4.69) is 20.6 Å². The lowest BCUT2D eigenvalue weighted by Gasteiger charge is -2.12. The van der Waals surface area contributed by atoms with Gasteiger partial charge in [0.05, 0.1) is 17.6 Å². The molecule has 0 aliphatic carbocycles. The lowest BCUT2D eigenvalue weighted by Crippen LogP contribution is -2.09. The Morgan fingerprint density at radius 2 is 1.84 bits per heavy atom. The van der Waals surface area contributed by atoms with E-state index < -0.39 is 0 Å². The van der Waals surface area contributed by atoms with Crippen molar-refractivity contribution in [3.8, 4) is 16.9 Å². The van der Waals surface area contributed by atoms with E-state index in [4.69, 9.17) is 16.3 Å². The van der Waals surface area contributed by atoms with E-state index in [-0.39, 0.29) is 5.91 Å². The number of carbonyl (C=O) groups excluding carboxylic acids is 1. The molecule has 0 atom stereocenters. The fraction of sp³-hybridized carbons (Fsp3) is 0.125. The van der Waals surface area contributed by atoms with Gasteiger partial charge in [0.2, 0.25) is 5.91 Å². The van der Waals surface area contributed by atoms with Crippen molar-refractivity contribution in [1.82, 2.24) is 9.97 Å². The highest BCUT2D eigenvalue weighted by molar-refractivity contribution is 6.32. The molecule has 0 fully saturated rings. The monoisotopic (exact) mass is 432 g/mol. The van der Waals surface area contributed by atoms with Crippen LogP contribution in [0.1, 0.15) is 13.3 Å². The highest BCUT2D eigenvalue weighted by Gasteiger charge is 2.09. The van der Waals surface area contributed by atoms with Crippen molar-refractivity contribution in [2.75, 3.05) is 17.7 Å². The molecule has 0 saturated heterocycles. The first-order valence-corrected chi connectivity index (χ1v) is 10.2. The Morgan fingerprint density at radius 1 is 1.00 bits per heavy atom. The second-order valence-corrected chi connectivity index (χ2v) is 7.32. The summed E-state index contributed by atoms with van der Waals surface area (Å²) in [5, 5.41) is 7.60. The molecule has 1 heterocycles. The van der Waals surface area contributed by atoms with Gasteiger partial charge >= 0.3 is 0 Å². The molecular formula is C24H21ClN4O2. The van der Waals surface area contributed by atoms with Crippen molar-refractivity contribution in [2.24, 2.45) is 0 Å². The molecule has 0 radical (unpaired) electrons. The molecule has 0 aliphatic rings. The average molecular weight is 433 g/mol. The zero-order valence-electron chi connectivity index (χ0n) is 17.1. The van der Waals surface area contributed by atoms with Crippen LogP contribution < -0.4 is 15.4 Å². The first-order chi connectivity index (χ1) is 15.1. The first kappa shape index (κ1) is 20.6. The Hall–Kier alpha value is -3.64. The van der Waals surface area contributed by atoms with E-state index in [1.807, 2.05) is 55.5 Å². The van der Waals surface area contributed by atoms with Crippen LogP contribution in [-0.2, 0) is 4.79 Å². The van der Waals surface area contributed by atoms with Crippen molar-refractivity contribution in [1.29, 1.82) is 0 Å². The summed E-state index contributed by atoms with van der Waals surface area (Å²) in [6.45, 7) is 1.83. The molecule has 0 aliphatic heterocycles. The molecule has 6 nitrogen and oxygen atoms in total. The standard InChI is InChI=1S/C24H21ClN4O2/c1-3-23(30)28-17-6-4-5-15(11-17)16-7-9-21-19(12-16)24(27-14-26-21)29-18-8-10-22(31-2)20(25)13-18/h4-14H,3H2,1-2H3,(H,28,30)(H,26,27,29). The summed E-state index contributed by atoms with van der Waals surface area (Å²) in [5.41, 5.74) is 4.35. The number of rotatable bonds is 6. The van der Waals surface area contributed by atoms with E-state index in [0.29, 0.717) is 23.0 Å². The fourth-order valence-electron chi connectivity index (χ4n) is 3.24. The van der Waals surface area contributed by atoms with Gasteiger partial charge in [-0.3, -0.25) is 4.79 Å². The zero-order valence-corrected chi connectivity index (χ0v) is 17.9. The summed E-state index contributed by atoms with van der Waals surface area (Å²) in [4.78, 5) is 20.5.